The fourth-order valence-electron chi connectivity index (χ4n) is 6.62. The van der Waals surface area contributed by atoms with Crippen LogP contribution in [-0.2, 0) is 12.8 Å². The number of hydrogen-bond donors (Lipinski definition) is 0. The highest BCUT2D eigenvalue weighted by Crippen LogP contribution is 2.36. The van der Waals surface area contributed by atoms with Crippen molar-refractivity contribution in [3.8, 4) is 0 Å². The summed E-state index contributed by atoms with van der Waals surface area (Å²) in [6, 6.07) is 61.5. The van der Waals surface area contributed by atoms with Crippen LogP contribution in [0.2, 0.25) is 0 Å². The molecule has 0 aromatic heterocycles. The van der Waals surface area contributed by atoms with Crippen LogP contribution in [0.4, 0.5) is 34.1 Å². The van der Waals surface area contributed by atoms with Crippen molar-refractivity contribution in [2.45, 2.75) is 40.5 Å². The van der Waals surface area contributed by atoms with E-state index in [9.17, 15) is 0 Å². The minimum atomic E-state index is 1.03. The maximum atomic E-state index is 2.32. The van der Waals surface area contributed by atoms with E-state index >= 15 is 0 Å². The van der Waals surface area contributed by atoms with Gasteiger partial charge in [0.25, 0.3) is 0 Å². The molecule has 0 heterocycles. The van der Waals surface area contributed by atoms with Gasteiger partial charge in [0, 0.05) is 34.1 Å². The average Bonchev–Trinajstić information content (AvgIpc) is 3.23. The first kappa shape index (κ1) is 36.0. The third-order valence-corrected chi connectivity index (χ3v) is 9.97. The second-order valence-corrected chi connectivity index (χ2v) is 13.9. The molecule has 0 aliphatic rings. The van der Waals surface area contributed by atoms with Gasteiger partial charge in [-0.1, -0.05) is 146 Å². The van der Waals surface area contributed by atoms with Gasteiger partial charge in [0.2, 0.25) is 0 Å². The summed E-state index contributed by atoms with van der Waals surface area (Å²) in [5, 5.41) is 0. The van der Waals surface area contributed by atoms with Crippen LogP contribution in [0.25, 0.3) is 24.3 Å². The van der Waals surface area contributed by atoms with E-state index in [2.05, 4.69) is 232 Å². The summed E-state index contributed by atoms with van der Waals surface area (Å²) in [5.74, 6) is 0. The molecular formula is C52H48N2. The lowest BCUT2D eigenvalue weighted by atomic mass is 10.1. The zero-order valence-electron chi connectivity index (χ0n) is 31.8. The summed E-state index contributed by atoms with van der Waals surface area (Å²) in [6.07, 6.45) is 10.8. The predicted octanol–water partition coefficient (Wildman–Crippen LogP) is 14.7. The van der Waals surface area contributed by atoms with Crippen molar-refractivity contribution in [1.29, 1.82) is 0 Å². The molecule has 0 N–H and O–H groups in total. The molecule has 2 nitrogen and oxygen atoms in total. The molecule has 0 fully saturated rings. The van der Waals surface area contributed by atoms with Crippen LogP contribution in [0.1, 0.15) is 58.4 Å². The highest BCUT2D eigenvalue weighted by Gasteiger charge is 2.14. The Morgan fingerprint density at radius 1 is 0.296 bits per heavy atom. The first-order valence-electron chi connectivity index (χ1n) is 19.0. The van der Waals surface area contributed by atoms with Crippen molar-refractivity contribution in [1.82, 2.24) is 0 Å². The Morgan fingerprint density at radius 2 is 0.500 bits per heavy atom. The number of hydrogen-bond acceptors (Lipinski definition) is 2. The standard InChI is InChI=1S/C52H48N2/c1-5-41-19-31-49(32-20-41)53(47-27-7-39(3)8-28-47)51-35-23-45(24-36-51)17-15-43-11-13-44(14-12-43)16-18-46-25-37-52(38-26-46)54(48-29-9-40(4)10-30-48)50-33-21-42(6-2)22-34-50/h7-38H,5-6H2,1-4H3/b17-15+,18-16+. The smallest absolute Gasteiger partial charge is 0.0462 e. The van der Waals surface area contributed by atoms with Gasteiger partial charge < -0.3 is 9.80 Å². The molecule has 7 aromatic rings. The molecule has 0 saturated carbocycles. The first-order chi connectivity index (χ1) is 26.4. The molecule has 0 radical (unpaired) electrons. The van der Waals surface area contributed by atoms with E-state index in [1.807, 2.05) is 0 Å². The Labute approximate surface area is 322 Å². The highest BCUT2D eigenvalue weighted by molar-refractivity contribution is 5.80. The van der Waals surface area contributed by atoms with E-state index in [1.165, 1.54) is 33.4 Å². The molecule has 0 saturated heterocycles. The fourth-order valence-corrected chi connectivity index (χ4v) is 6.62. The lowest BCUT2D eigenvalue weighted by molar-refractivity contribution is 1.14. The van der Waals surface area contributed by atoms with E-state index in [4.69, 9.17) is 0 Å². The molecule has 2 heteroatoms. The van der Waals surface area contributed by atoms with E-state index < -0.39 is 0 Å². The van der Waals surface area contributed by atoms with E-state index in [-0.39, 0.29) is 0 Å². The van der Waals surface area contributed by atoms with Crippen LogP contribution in [0.3, 0.4) is 0 Å². The summed E-state index contributed by atoms with van der Waals surface area (Å²) in [4.78, 5) is 4.64. The maximum absolute atomic E-state index is 2.32. The van der Waals surface area contributed by atoms with Crippen molar-refractivity contribution in [3.63, 3.8) is 0 Å². The maximum Gasteiger partial charge on any atom is 0.0462 e. The van der Waals surface area contributed by atoms with Gasteiger partial charge in [-0.2, -0.15) is 0 Å². The molecule has 0 unspecified atom stereocenters. The first-order valence-corrected chi connectivity index (χ1v) is 19.0. The van der Waals surface area contributed by atoms with Gasteiger partial charge in [-0.15, -0.1) is 0 Å². The number of aryl methyl sites for hydroxylation is 4. The Kier molecular flexibility index (Phi) is 11.3. The van der Waals surface area contributed by atoms with Gasteiger partial charge in [0.05, 0.1) is 0 Å². The summed E-state index contributed by atoms with van der Waals surface area (Å²) in [6.45, 7) is 8.65. The molecule has 0 aliphatic carbocycles. The molecule has 0 bridgehead atoms. The van der Waals surface area contributed by atoms with Crippen molar-refractivity contribution in [2.24, 2.45) is 0 Å². The molecular weight excluding hydrogens is 653 g/mol. The molecule has 266 valence electrons. The molecule has 0 spiro atoms. The van der Waals surface area contributed by atoms with Gasteiger partial charge in [-0.3, -0.25) is 0 Å². The Hall–Kier alpha value is -6.38. The van der Waals surface area contributed by atoms with Gasteiger partial charge in [0.15, 0.2) is 0 Å². The lowest BCUT2D eigenvalue weighted by Gasteiger charge is -2.26. The summed E-state index contributed by atoms with van der Waals surface area (Å²) < 4.78 is 0. The zero-order chi connectivity index (χ0) is 37.3. The Balaban J connectivity index is 1.02. The van der Waals surface area contributed by atoms with Gasteiger partial charge in [-0.25, -0.2) is 0 Å². The van der Waals surface area contributed by atoms with Gasteiger partial charge in [-0.05, 0) is 133 Å². The normalized spacial score (nSPS) is 11.3. The van der Waals surface area contributed by atoms with Gasteiger partial charge in [0.1, 0.15) is 0 Å². The lowest BCUT2D eigenvalue weighted by Crippen LogP contribution is -2.09. The van der Waals surface area contributed by atoms with Crippen LogP contribution in [0, 0.1) is 13.8 Å². The third-order valence-electron chi connectivity index (χ3n) is 9.97. The average molecular weight is 701 g/mol. The topological polar surface area (TPSA) is 6.48 Å². The van der Waals surface area contributed by atoms with Crippen molar-refractivity contribution >= 4 is 58.4 Å². The van der Waals surface area contributed by atoms with Crippen LogP contribution in [0.5, 0.6) is 0 Å². The molecule has 0 atom stereocenters. The number of nitrogens with zero attached hydrogens (tertiary/aromatic N) is 2. The third kappa shape index (κ3) is 8.80. The van der Waals surface area contributed by atoms with Gasteiger partial charge >= 0.3 is 0 Å². The van der Waals surface area contributed by atoms with Crippen LogP contribution < -0.4 is 9.80 Å². The SMILES string of the molecule is CCc1ccc(N(c2ccc(C)cc2)c2ccc(/C=C/c3ccc(/C=C/c4ccc(N(c5ccc(C)cc5)c5ccc(CC)cc5)cc4)cc3)cc2)cc1. The number of benzene rings is 7. The fraction of sp³-hybridized carbons (Fsp3) is 0.115. The van der Waals surface area contributed by atoms with Crippen molar-refractivity contribution in [2.75, 3.05) is 9.80 Å². The molecule has 54 heavy (non-hydrogen) atoms. The molecule has 0 amide bonds. The summed E-state index contributed by atoms with van der Waals surface area (Å²) in [5.41, 5.74) is 16.7. The monoisotopic (exact) mass is 700 g/mol. The van der Waals surface area contributed by atoms with E-state index in [1.54, 1.807) is 0 Å². The second kappa shape index (κ2) is 17.0. The van der Waals surface area contributed by atoms with Crippen LogP contribution >= 0.6 is 0 Å². The molecule has 7 rings (SSSR count). The van der Waals surface area contributed by atoms with Crippen molar-refractivity contribution < 1.29 is 0 Å². The highest BCUT2D eigenvalue weighted by atomic mass is 15.1. The number of anilines is 6. The summed E-state index contributed by atoms with van der Waals surface area (Å²) in [7, 11) is 0. The van der Waals surface area contributed by atoms with E-state index in [0.717, 1.165) is 58.1 Å². The number of rotatable bonds is 12. The Morgan fingerprint density at radius 3 is 0.741 bits per heavy atom. The quantitative estimate of drug-likeness (QED) is 0.117. The second-order valence-electron chi connectivity index (χ2n) is 13.9. The van der Waals surface area contributed by atoms with E-state index in [0.29, 0.717) is 0 Å². The predicted molar refractivity (Wildman–Crippen MR) is 235 cm³/mol. The molecule has 7 aromatic carbocycles. The zero-order valence-corrected chi connectivity index (χ0v) is 31.8. The minimum Gasteiger partial charge on any atom is -0.311 e. The largest absolute Gasteiger partial charge is 0.311 e. The summed E-state index contributed by atoms with van der Waals surface area (Å²) >= 11 is 0. The van der Waals surface area contributed by atoms with Crippen LogP contribution in [-0.4, -0.2) is 0 Å². The Bertz CT molecular complexity index is 2120. The van der Waals surface area contributed by atoms with Crippen LogP contribution in [0.15, 0.2) is 170 Å². The minimum absolute atomic E-state index is 1.03. The molecule has 0 aliphatic heterocycles. The van der Waals surface area contributed by atoms with Crippen molar-refractivity contribution in [3.05, 3.63) is 214 Å².